The Morgan fingerprint density at radius 3 is 2.32 bits per heavy atom. The van der Waals surface area contributed by atoms with E-state index in [1.54, 1.807) is 0 Å². The van der Waals surface area contributed by atoms with Gasteiger partial charge in [0.15, 0.2) is 0 Å². The summed E-state index contributed by atoms with van der Waals surface area (Å²) in [6.07, 6.45) is 2.15. The van der Waals surface area contributed by atoms with Crippen molar-refractivity contribution in [3.63, 3.8) is 0 Å². The van der Waals surface area contributed by atoms with E-state index >= 15 is 0 Å². The second-order valence-electron chi connectivity index (χ2n) is 6.36. The zero-order valence-corrected chi connectivity index (χ0v) is 13.3. The molecule has 0 aromatic heterocycles. The van der Waals surface area contributed by atoms with Crippen LogP contribution < -0.4 is 16.0 Å². The molecule has 0 aliphatic carbocycles. The van der Waals surface area contributed by atoms with Crippen LogP contribution in [0.4, 0.5) is 11.4 Å². The number of primary amides is 1. The van der Waals surface area contributed by atoms with Crippen molar-refractivity contribution in [3.8, 4) is 0 Å². The molecule has 1 heterocycles. The molecule has 1 saturated heterocycles. The van der Waals surface area contributed by atoms with E-state index in [-0.39, 0.29) is 17.7 Å². The molecule has 0 radical (unpaired) electrons. The van der Waals surface area contributed by atoms with Crippen molar-refractivity contribution in [1.82, 2.24) is 0 Å². The summed E-state index contributed by atoms with van der Waals surface area (Å²) in [4.78, 5) is 25.2. The van der Waals surface area contributed by atoms with Gasteiger partial charge in [-0.2, -0.15) is 0 Å². The number of hydrogen-bond donors (Lipinski definition) is 2. The molecule has 0 atom stereocenters. The van der Waals surface area contributed by atoms with Gasteiger partial charge in [-0.3, -0.25) is 9.59 Å². The molecule has 0 bridgehead atoms. The van der Waals surface area contributed by atoms with Gasteiger partial charge in [0.25, 0.3) is 0 Å². The Labute approximate surface area is 131 Å². The number of piperidine rings is 1. The van der Waals surface area contributed by atoms with Crippen LogP contribution in [0.15, 0.2) is 24.3 Å². The van der Waals surface area contributed by atoms with Crippen LogP contribution in [0.3, 0.4) is 0 Å². The summed E-state index contributed by atoms with van der Waals surface area (Å²) in [6, 6.07) is 7.87. The number of nitrogens with zero attached hydrogens (tertiary/aromatic N) is 1. The van der Waals surface area contributed by atoms with Gasteiger partial charge in [0.1, 0.15) is 0 Å². The van der Waals surface area contributed by atoms with Crippen LogP contribution in [-0.4, -0.2) is 24.9 Å². The number of anilines is 2. The zero-order valence-electron chi connectivity index (χ0n) is 13.3. The Balaban J connectivity index is 1.90. The molecule has 3 N–H and O–H groups in total. The molecule has 1 aliphatic heterocycles. The number of nitrogens with two attached hydrogens (primary N) is 1. The molecule has 22 heavy (non-hydrogen) atoms. The molecule has 5 heteroatoms. The van der Waals surface area contributed by atoms with Gasteiger partial charge in [-0.25, -0.2) is 0 Å². The van der Waals surface area contributed by atoms with Crippen LogP contribution in [0.25, 0.3) is 0 Å². The van der Waals surface area contributed by atoms with E-state index in [4.69, 9.17) is 5.73 Å². The molecule has 2 amide bonds. The molecule has 0 saturated carbocycles. The molecule has 1 aliphatic rings. The topological polar surface area (TPSA) is 75.4 Å². The Bertz CT molecular complexity index is 517. The molecule has 1 aromatic carbocycles. The van der Waals surface area contributed by atoms with Gasteiger partial charge in [-0.15, -0.1) is 0 Å². The van der Waals surface area contributed by atoms with Crippen molar-refractivity contribution in [3.05, 3.63) is 24.3 Å². The van der Waals surface area contributed by atoms with Crippen molar-refractivity contribution in [1.29, 1.82) is 0 Å². The molecule has 0 unspecified atom stereocenters. The molecule has 120 valence electrons. The zero-order chi connectivity index (χ0) is 16.1. The van der Waals surface area contributed by atoms with Crippen LogP contribution in [0.2, 0.25) is 0 Å². The number of carbonyl (C=O) groups is 2. The summed E-state index contributed by atoms with van der Waals surface area (Å²) in [6.45, 7) is 5.73. The average Bonchev–Trinajstić information content (AvgIpc) is 2.47. The number of nitrogens with one attached hydrogen (secondary N) is 1. The summed E-state index contributed by atoms with van der Waals surface area (Å²) >= 11 is 0. The molecular formula is C17H25N3O2. The fraction of sp³-hybridized carbons (Fsp3) is 0.529. The number of hydrogen-bond acceptors (Lipinski definition) is 3. The van der Waals surface area contributed by atoms with Gasteiger partial charge in [-0.05, 0) is 43.0 Å². The second kappa shape index (κ2) is 7.29. The number of rotatable bonds is 5. The first-order valence-electron chi connectivity index (χ1n) is 7.90. The highest BCUT2D eigenvalue weighted by Crippen LogP contribution is 2.24. The Morgan fingerprint density at radius 1 is 1.23 bits per heavy atom. The third kappa shape index (κ3) is 4.48. The maximum atomic E-state index is 11.7. The minimum Gasteiger partial charge on any atom is -0.371 e. The predicted molar refractivity (Wildman–Crippen MR) is 88.7 cm³/mol. The lowest BCUT2D eigenvalue weighted by Crippen LogP contribution is -2.38. The normalized spacial score (nSPS) is 15.9. The smallest absolute Gasteiger partial charge is 0.224 e. The first-order valence-corrected chi connectivity index (χ1v) is 7.90. The van der Waals surface area contributed by atoms with Crippen LogP contribution in [0, 0.1) is 11.8 Å². The fourth-order valence-corrected chi connectivity index (χ4v) is 2.76. The van der Waals surface area contributed by atoms with E-state index < -0.39 is 0 Å². The van der Waals surface area contributed by atoms with E-state index in [1.165, 1.54) is 0 Å². The monoisotopic (exact) mass is 303 g/mol. The van der Waals surface area contributed by atoms with Crippen molar-refractivity contribution < 1.29 is 9.59 Å². The van der Waals surface area contributed by atoms with Gasteiger partial charge < -0.3 is 16.0 Å². The fourth-order valence-electron chi connectivity index (χ4n) is 2.76. The lowest BCUT2D eigenvalue weighted by molar-refractivity contribution is -0.122. The molecule has 0 spiro atoms. The Kier molecular flexibility index (Phi) is 5.41. The SMILES string of the molecule is CC(C)CC(=O)Nc1ccc(N2CCC(C(N)=O)CC2)cc1. The van der Waals surface area contributed by atoms with Crippen LogP contribution >= 0.6 is 0 Å². The summed E-state index contributed by atoms with van der Waals surface area (Å²) in [5.41, 5.74) is 7.29. The Morgan fingerprint density at radius 2 is 1.82 bits per heavy atom. The predicted octanol–water partition coefficient (Wildman–Crippen LogP) is 2.37. The van der Waals surface area contributed by atoms with Gasteiger partial charge in [0, 0.05) is 36.8 Å². The van der Waals surface area contributed by atoms with Crippen LogP contribution in [0.5, 0.6) is 0 Å². The van der Waals surface area contributed by atoms with Gasteiger partial charge in [0.05, 0.1) is 0 Å². The first-order chi connectivity index (χ1) is 10.5. The summed E-state index contributed by atoms with van der Waals surface area (Å²) in [7, 11) is 0. The van der Waals surface area contributed by atoms with E-state index in [9.17, 15) is 9.59 Å². The standard InChI is InChI=1S/C17H25N3O2/c1-12(2)11-16(21)19-14-3-5-15(6-4-14)20-9-7-13(8-10-20)17(18)22/h3-6,12-13H,7-11H2,1-2H3,(H2,18,22)(H,19,21). The average molecular weight is 303 g/mol. The molecule has 1 fully saturated rings. The number of carbonyl (C=O) groups excluding carboxylic acids is 2. The van der Waals surface area contributed by atoms with Crippen molar-refractivity contribution in [2.24, 2.45) is 17.6 Å². The second-order valence-corrected chi connectivity index (χ2v) is 6.36. The minimum absolute atomic E-state index is 0.00541. The third-order valence-electron chi connectivity index (χ3n) is 4.01. The molecule has 1 aromatic rings. The first kappa shape index (κ1) is 16.3. The molecule has 5 nitrogen and oxygen atoms in total. The maximum absolute atomic E-state index is 11.7. The van der Waals surface area contributed by atoms with Gasteiger partial charge >= 0.3 is 0 Å². The summed E-state index contributed by atoms with van der Waals surface area (Å²) < 4.78 is 0. The van der Waals surface area contributed by atoms with Crippen molar-refractivity contribution in [2.45, 2.75) is 33.1 Å². The summed E-state index contributed by atoms with van der Waals surface area (Å²) in [5.74, 6) is 0.213. The third-order valence-corrected chi connectivity index (χ3v) is 4.01. The van der Waals surface area contributed by atoms with Crippen molar-refractivity contribution >= 4 is 23.2 Å². The van der Waals surface area contributed by atoms with Gasteiger partial charge in [-0.1, -0.05) is 13.8 Å². The van der Waals surface area contributed by atoms with Gasteiger partial charge in [0.2, 0.25) is 11.8 Å². The Hall–Kier alpha value is -2.04. The van der Waals surface area contributed by atoms with E-state index in [0.29, 0.717) is 12.3 Å². The van der Waals surface area contributed by atoms with Crippen molar-refractivity contribution in [2.75, 3.05) is 23.3 Å². The highest BCUT2D eigenvalue weighted by atomic mass is 16.2. The minimum atomic E-state index is -0.192. The van der Waals surface area contributed by atoms with E-state index in [1.807, 2.05) is 38.1 Å². The quantitative estimate of drug-likeness (QED) is 0.877. The lowest BCUT2D eigenvalue weighted by Gasteiger charge is -2.32. The molecular weight excluding hydrogens is 278 g/mol. The summed E-state index contributed by atoms with van der Waals surface area (Å²) in [5, 5.41) is 2.91. The number of amides is 2. The highest BCUT2D eigenvalue weighted by Gasteiger charge is 2.23. The van der Waals surface area contributed by atoms with Crippen LogP contribution in [0.1, 0.15) is 33.1 Å². The number of benzene rings is 1. The lowest BCUT2D eigenvalue weighted by atomic mass is 9.96. The van der Waals surface area contributed by atoms with Crippen LogP contribution in [-0.2, 0) is 9.59 Å². The largest absolute Gasteiger partial charge is 0.371 e. The molecule has 2 rings (SSSR count). The maximum Gasteiger partial charge on any atom is 0.224 e. The highest BCUT2D eigenvalue weighted by molar-refractivity contribution is 5.91. The van der Waals surface area contributed by atoms with E-state index in [2.05, 4.69) is 10.2 Å². The van der Waals surface area contributed by atoms with E-state index in [0.717, 1.165) is 37.3 Å².